The van der Waals surface area contributed by atoms with Gasteiger partial charge in [0.05, 0.1) is 5.56 Å². The predicted octanol–water partition coefficient (Wildman–Crippen LogP) is 4.32. The van der Waals surface area contributed by atoms with Crippen molar-refractivity contribution in [1.82, 2.24) is 0 Å². The van der Waals surface area contributed by atoms with Gasteiger partial charge in [0.1, 0.15) is 18.2 Å². The summed E-state index contributed by atoms with van der Waals surface area (Å²) in [7, 11) is 0. The molecule has 0 radical (unpaired) electrons. The smallest absolute Gasteiger partial charge is 0.302 e. The molecule has 2 rings (SSSR count). The fourth-order valence-electron chi connectivity index (χ4n) is 1.72. The molecule has 0 saturated heterocycles. The van der Waals surface area contributed by atoms with Crippen molar-refractivity contribution in [3.05, 3.63) is 65.2 Å². The molecular formula is C16H14F2O2S. The number of rotatable bonds is 5. The van der Waals surface area contributed by atoms with E-state index < -0.39 is 24.2 Å². The van der Waals surface area contributed by atoms with Crippen LogP contribution in [0.25, 0.3) is 0 Å². The first kappa shape index (κ1) is 15.5. The highest BCUT2D eigenvalue weighted by molar-refractivity contribution is 7.98. The van der Waals surface area contributed by atoms with E-state index in [4.69, 9.17) is 0 Å². The summed E-state index contributed by atoms with van der Waals surface area (Å²) in [4.78, 5) is 11.2. The van der Waals surface area contributed by atoms with Crippen molar-refractivity contribution < 1.29 is 18.3 Å². The molecule has 2 aromatic rings. The van der Waals surface area contributed by atoms with Crippen LogP contribution in [0.15, 0.2) is 47.4 Å². The minimum atomic E-state index is -0.702. The Morgan fingerprint density at radius 3 is 2.33 bits per heavy atom. The molecule has 0 atom stereocenters. The zero-order valence-electron chi connectivity index (χ0n) is 11.4. The number of benzene rings is 2. The van der Waals surface area contributed by atoms with Crippen molar-refractivity contribution in [2.45, 2.75) is 24.2 Å². The van der Waals surface area contributed by atoms with Crippen molar-refractivity contribution >= 4 is 17.7 Å². The van der Waals surface area contributed by atoms with Gasteiger partial charge in [0.15, 0.2) is 0 Å². The van der Waals surface area contributed by atoms with E-state index in [1.807, 2.05) is 30.3 Å². The maximum atomic E-state index is 13.8. The van der Waals surface area contributed by atoms with Gasteiger partial charge in [-0.25, -0.2) is 8.78 Å². The Bertz CT molecular complexity index is 606. The molecule has 5 heteroatoms. The summed E-state index contributed by atoms with van der Waals surface area (Å²) in [5, 5.41) is 0. The zero-order valence-corrected chi connectivity index (χ0v) is 12.3. The summed E-state index contributed by atoms with van der Waals surface area (Å²) in [6, 6.07) is 12.2. The Morgan fingerprint density at radius 1 is 1.14 bits per heavy atom. The lowest BCUT2D eigenvalue weighted by Crippen LogP contribution is -2.03. The minimum absolute atomic E-state index is 0.228. The number of carbonyl (C=O) groups excluding carboxylic acids is 1. The summed E-state index contributed by atoms with van der Waals surface area (Å²) >= 11 is 1.35. The number of esters is 1. The van der Waals surface area contributed by atoms with E-state index in [-0.39, 0.29) is 5.56 Å². The standard InChI is InChI=1S/C16H14F2O2S/c1-11(19)20-9-14-15(17)7-13(8-16(14)18)21-10-12-5-3-2-4-6-12/h2-8H,9-10H2,1H3. The second-order valence-electron chi connectivity index (χ2n) is 4.42. The molecule has 0 aliphatic heterocycles. The van der Waals surface area contributed by atoms with Crippen LogP contribution < -0.4 is 0 Å². The maximum Gasteiger partial charge on any atom is 0.302 e. The van der Waals surface area contributed by atoms with E-state index in [1.165, 1.54) is 30.8 Å². The number of hydrogen-bond donors (Lipinski definition) is 0. The Kier molecular flexibility index (Phi) is 5.33. The van der Waals surface area contributed by atoms with Crippen molar-refractivity contribution in [2.24, 2.45) is 0 Å². The molecule has 2 nitrogen and oxygen atoms in total. The molecule has 21 heavy (non-hydrogen) atoms. The van der Waals surface area contributed by atoms with Crippen LogP contribution in [-0.4, -0.2) is 5.97 Å². The first-order valence-electron chi connectivity index (χ1n) is 6.34. The van der Waals surface area contributed by atoms with Gasteiger partial charge in [0, 0.05) is 17.6 Å². The van der Waals surface area contributed by atoms with Gasteiger partial charge in [-0.3, -0.25) is 4.79 Å². The van der Waals surface area contributed by atoms with E-state index in [2.05, 4.69) is 4.74 Å². The third kappa shape index (κ3) is 4.56. The number of hydrogen-bond acceptors (Lipinski definition) is 3. The highest BCUT2D eigenvalue weighted by Crippen LogP contribution is 2.27. The molecule has 0 fully saturated rings. The third-order valence-corrected chi connectivity index (χ3v) is 3.83. The van der Waals surface area contributed by atoms with Gasteiger partial charge in [0.2, 0.25) is 0 Å². The van der Waals surface area contributed by atoms with Crippen molar-refractivity contribution in [3.8, 4) is 0 Å². The van der Waals surface area contributed by atoms with E-state index in [0.29, 0.717) is 10.6 Å². The minimum Gasteiger partial charge on any atom is -0.461 e. The Labute approximate surface area is 126 Å². The van der Waals surface area contributed by atoms with Crippen LogP contribution in [0.4, 0.5) is 8.78 Å². The van der Waals surface area contributed by atoms with E-state index in [1.54, 1.807) is 0 Å². The summed E-state index contributed by atoms with van der Waals surface area (Å²) in [6.45, 7) is 0.802. The Morgan fingerprint density at radius 2 is 1.76 bits per heavy atom. The largest absolute Gasteiger partial charge is 0.461 e. The fourth-order valence-corrected chi connectivity index (χ4v) is 2.62. The van der Waals surface area contributed by atoms with Crippen LogP contribution in [0, 0.1) is 11.6 Å². The summed E-state index contributed by atoms with van der Waals surface area (Å²) in [5.41, 5.74) is 0.849. The van der Waals surface area contributed by atoms with Gasteiger partial charge in [0.25, 0.3) is 0 Å². The highest BCUT2D eigenvalue weighted by atomic mass is 32.2. The molecule has 110 valence electrons. The third-order valence-electron chi connectivity index (χ3n) is 2.78. The zero-order chi connectivity index (χ0) is 15.2. The average Bonchev–Trinajstić information content (AvgIpc) is 2.45. The molecule has 0 amide bonds. The van der Waals surface area contributed by atoms with Gasteiger partial charge in [-0.2, -0.15) is 0 Å². The Hall–Kier alpha value is -1.88. The molecule has 2 aromatic carbocycles. The van der Waals surface area contributed by atoms with Gasteiger partial charge in [-0.1, -0.05) is 30.3 Å². The molecule has 0 spiro atoms. The molecule has 0 heterocycles. The van der Waals surface area contributed by atoms with Crippen molar-refractivity contribution in [3.63, 3.8) is 0 Å². The molecule has 0 aliphatic rings. The average molecular weight is 308 g/mol. The van der Waals surface area contributed by atoms with Crippen LogP contribution in [0.2, 0.25) is 0 Å². The number of ether oxygens (including phenoxy) is 1. The van der Waals surface area contributed by atoms with Gasteiger partial charge in [-0.15, -0.1) is 11.8 Å². The first-order chi connectivity index (χ1) is 10.1. The van der Waals surface area contributed by atoms with Crippen LogP contribution in [0.1, 0.15) is 18.1 Å². The van der Waals surface area contributed by atoms with Crippen LogP contribution in [0.3, 0.4) is 0 Å². The van der Waals surface area contributed by atoms with Crippen LogP contribution in [0.5, 0.6) is 0 Å². The van der Waals surface area contributed by atoms with Gasteiger partial charge >= 0.3 is 5.97 Å². The van der Waals surface area contributed by atoms with Crippen molar-refractivity contribution in [1.29, 1.82) is 0 Å². The highest BCUT2D eigenvalue weighted by Gasteiger charge is 2.13. The second kappa shape index (κ2) is 7.22. The Balaban J connectivity index is 2.07. The molecular weight excluding hydrogens is 294 g/mol. The van der Waals surface area contributed by atoms with E-state index in [9.17, 15) is 13.6 Å². The molecule has 0 unspecified atom stereocenters. The van der Waals surface area contributed by atoms with E-state index >= 15 is 0 Å². The second-order valence-corrected chi connectivity index (χ2v) is 5.47. The quantitative estimate of drug-likeness (QED) is 0.608. The number of halogens is 2. The monoisotopic (exact) mass is 308 g/mol. The molecule has 0 bridgehead atoms. The number of carbonyl (C=O) groups is 1. The predicted molar refractivity (Wildman–Crippen MR) is 77.8 cm³/mol. The lowest BCUT2D eigenvalue weighted by molar-refractivity contribution is -0.142. The summed E-state index contributed by atoms with van der Waals surface area (Å²) in [6.07, 6.45) is 0. The maximum absolute atomic E-state index is 13.8. The summed E-state index contributed by atoms with van der Waals surface area (Å²) < 4.78 is 32.3. The topological polar surface area (TPSA) is 26.3 Å². The SMILES string of the molecule is CC(=O)OCc1c(F)cc(SCc2ccccc2)cc1F. The normalized spacial score (nSPS) is 10.4. The molecule has 0 aliphatic carbocycles. The van der Waals surface area contributed by atoms with Crippen LogP contribution in [-0.2, 0) is 21.9 Å². The first-order valence-corrected chi connectivity index (χ1v) is 7.33. The number of thioether (sulfide) groups is 1. The fraction of sp³-hybridized carbons (Fsp3) is 0.188. The van der Waals surface area contributed by atoms with Gasteiger partial charge in [-0.05, 0) is 17.7 Å². The van der Waals surface area contributed by atoms with E-state index in [0.717, 1.165) is 5.56 Å². The molecule has 0 saturated carbocycles. The summed E-state index contributed by atoms with van der Waals surface area (Å²) in [5.74, 6) is -1.35. The van der Waals surface area contributed by atoms with Crippen molar-refractivity contribution in [2.75, 3.05) is 0 Å². The van der Waals surface area contributed by atoms with Gasteiger partial charge < -0.3 is 4.74 Å². The lowest BCUT2D eigenvalue weighted by Gasteiger charge is -2.08. The molecule has 0 N–H and O–H groups in total. The lowest BCUT2D eigenvalue weighted by atomic mass is 10.2. The van der Waals surface area contributed by atoms with Crippen LogP contribution >= 0.6 is 11.8 Å². The molecule has 0 aromatic heterocycles.